The molecule has 10 nitrogen and oxygen atoms in total. The van der Waals surface area contributed by atoms with Crippen molar-refractivity contribution < 1.29 is 33.6 Å². The molecule has 0 N–H and O–H groups in total. The molecular weight excluding hydrogens is 480 g/mol. The minimum Gasteiger partial charge on any atom is -0.457 e. The van der Waals surface area contributed by atoms with Crippen molar-refractivity contribution in [2.45, 2.75) is 13.3 Å². The lowest BCUT2D eigenvalue weighted by atomic mass is 10.1. The van der Waals surface area contributed by atoms with E-state index in [-0.39, 0.29) is 41.4 Å². The normalized spacial score (nSPS) is 14.8. The van der Waals surface area contributed by atoms with Crippen molar-refractivity contribution in [3.63, 3.8) is 0 Å². The van der Waals surface area contributed by atoms with E-state index in [4.69, 9.17) is 9.47 Å². The number of esters is 2. The van der Waals surface area contributed by atoms with E-state index in [1.165, 1.54) is 53.4 Å². The summed E-state index contributed by atoms with van der Waals surface area (Å²) in [4.78, 5) is 61.2. The smallest absolute Gasteiger partial charge is 0.343 e. The third kappa shape index (κ3) is 6.04. The molecular formula is C27H22N2O8. The zero-order valence-corrected chi connectivity index (χ0v) is 19.8. The number of benzene rings is 3. The maximum Gasteiger partial charge on any atom is 0.343 e. The number of Topliss-reactive ketones (excluding diaryl/α,β-unsaturated/α-hetero) is 1. The minimum atomic E-state index is -0.714. The number of amides is 1. The quantitative estimate of drug-likeness (QED) is 0.149. The number of hydrogen-bond acceptors (Lipinski definition) is 8. The van der Waals surface area contributed by atoms with Crippen LogP contribution in [0.4, 0.5) is 11.4 Å². The van der Waals surface area contributed by atoms with Gasteiger partial charge in [-0.2, -0.15) is 0 Å². The first-order valence-electron chi connectivity index (χ1n) is 11.3. The fraction of sp³-hybridized carbons (Fsp3) is 0.185. The molecule has 1 aliphatic heterocycles. The molecule has 1 fully saturated rings. The van der Waals surface area contributed by atoms with Gasteiger partial charge in [0.15, 0.2) is 12.4 Å². The van der Waals surface area contributed by atoms with Crippen LogP contribution in [0.5, 0.6) is 5.75 Å². The van der Waals surface area contributed by atoms with Crippen molar-refractivity contribution in [2.75, 3.05) is 18.1 Å². The average Bonchev–Trinajstić information content (AvgIpc) is 3.29. The van der Waals surface area contributed by atoms with Crippen LogP contribution in [0.25, 0.3) is 0 Å². The second-order valence-corrected chi connectivity index (χ2v) is 8.49. The predicted octanol–water partition coefficient (Wildman–Crippen LogP) is 3.90. The highest BCUT2D eigenvalue weighted by molar-refractivity contribution is 6.01. The summed E-state index contributed by atoms with van der Waals surface area (Å²) in [6.07, 6.45) is 0.00965. The summed E-state index contributed by atoms with van der Waals surface area (Å²) in [5.41, 5.74) is 1.98. The van der Waals surface area contributed by atoms with Crippen molar-refractivity contribution in [3.05, 3.63) is 99.6 Å². The summed E-state index contributed by atoms with van der Waals surface area (Å²) >= 11 is 0. The van der Waals surface area contributed by atoms with E-state index in [1.54, 1.807) is 0 Å². The molecule has 1 atom stereocenters. The average molecular weight is 502 g/mol. The third-order valence-corrected chi connectivity index (χ3v) is 5.85. The van der Waals surface area contributed by atoms with Crippen LogP contribution >= 0.6 is 0 Å². The zero-order valence-electron chi connectivity index (χ0n) is 19.8. The molecule has 0 radical (unpaired) electrons. The van der Waals surface area contributed by atoms with Gasteiger partial charge in [-0.1, -0.05) is 17.7 Å². The van der Waals surface area contributed by atoms with Gasteiger partial charge >= 0.3 is 11.9 Å². The molecule has 4 rings (SSSR count). The van der Waals surface area contributed by atoms with Crippen molar-refractivity contribution in [3.8, 4) is 5.75 Å². The predicted molar refractivity (Wildman–Crippen MR) is 131 cm³/mol. The van der Waals surface area contributed by atoms with Crippen molar-refractivity contribution in [1.82, 2.24) is 0 Å². The van der Waals surface area contributed by atoms with Crippen LogP contribution in [0.1, 0.15) is 32.7 Å². The summed E-state index contributed by atoms with van der Waals surface area (Å²) in [5.74, 6) is -2.48. The van der Waals surface area contributed by atoms with Crippen LogP contribution in [0.2, 0.25) is 0 Å². The van der Waals surface area contributed by atoms with Crippen molar-refractivity contribution in [1.29, 1.82) is 0 Å². The molecule has 0 bridgehead atoms. The lowest BCUT2D eigenvalue weighted by Gasteiger charge is -2.16. The second-order valence-electron chi connectivity index (χ2n) is 8.49. The van der Waals surface area contributed by atoms with Crippen LogP contribution < -0.4 is 9.64 Å². The first-order chi connectivity index (χ1) is 17.7. The maximum atomic E-state index is 12.5. The number of nitrogens with zero attached hydrogens (tertiary/aromatic N) is 2. The number of carbonyl (C=O) groups is 4. The van der Waals surface area contributed by atoms with Crippen LogP contribution in [0.3, 0.4) is 0 Å². The monoisotopic (exact) mass is 502 g/mol. The van der Waals surface area contributed by atoms with E-state index in [0.717, 1.165) is 5.56 Å². The molecule has 1 saturated heterocycles. The van der Waals surface area contributed by atoms with Gasteiger partial charge in [0.1, 0.15) is 5.75 Å². The van der Waals surface area contributed by atoms with E-state index in [2.05, 4.69) is 0 Å². The summed E-state index contributed by atoms with van der Waals surface area (Å²) in [6, 6.07) is 18.0. The first kappa shape index (κ1) is 25.2. The Morgan fingerprint density at radius 1 is 0.946 bits per heavy atom. The lowest BCUT2D eigenvalue weighted by molar-refractivity contribution is -0.384. The molecule has 37 heavy (non-hydrogen) atoms. The van der Waals surface area contributed by atoms with Gasteiger partial charge in [0.2, 0.25) is 5.91 Å². The number of rotatable bonds is 8. The highest BCUT2D eigenvalue weighted by atomic mass is 16.6. The number of aryl methyl sites for hydroxylation is 1. The van der Waals surface area contributed by atoms with Gasteiger partial charge in [0.05, 0.1) is 16.4 Å². The van der Waals surface area contributed by atoms with E-state index in [1.807, 2.05) is 31.2 Å². The Bertz CT molecular complexity index is 1350. The Kier molecular flexibility index (Phi) is 7.38. The first-order valence-corrected chi connectivity index (χ1v) is 11.3. The van der Waals surface area contributed by atoms with Crippen molar-refractivity contribution in [2.24, 2.45) is 5.92 Å². The molecule has 0 unspecified atom stereocenters. The highest BCUT2D eigenvalue weighted by Crippen LogP contribution is 2.26. The van der Waals surface area contributed by atoms with Crippen LogP contribution in [-0.4, -0.2) is 41.7 Å². The summed E-state index contributed by atoms with van der Waals surface area (Å²) in [7, 11) is 0. The fourth-order valence-electron chi connectivity index (χ4n) is 3.77. The molecule has 1 heterocycles. The number of nitro groups is 1. The Balaban J connectivity index is 1.28. The summed E-state index contributed by atoms with van der Waals surface area (Å²) in [5, 5.41) is 10.7. The van der Waals surface area contributed by atoms with E-state index < -0.39 is 35.2 Å². The Morgan fingerprint density at radius 2 is 1.57 bits per heavy atom. The van der Waals surface area contributed by atoms with Crippen LogP contribution in [0.15, 0.2) is 72.8 Å². The molecule has 3 aromatic carbocycles. The molecule has 0 aliphatic carbocycles. The Morgan fingerprint density at radius 3 is 2.19 bits per heavy atom. The second kappa shape index (κ2) is 10.8. The van der Waals surface area contributed by atoms with Gasteiger partial charge in [0.25, 0.3) is 5.69 Å². The Hall–Kier alpha value is -4.86. The van der Waals surface area contributed by atoms with Gasteiger partial charge < -0.3 is 14.4 Å². The topological polar surface area (TPSA) is 133 Å². The number of ketones is 1. The van der Waals surface area contributed by atoms with Crippen molar-refractivity contribution >= 4 is 35.0 Å². The van der Waals surface area contributed by atoms with Gasteiger partial charge in [-0.05, 0) is 55.5 Å². The standard InChI is InChI=1S/C27H22N2O8/c1-17-2-8-21(9-3-17)28-15-20(14-25(28)31)26(32)36-16-24(30)18-6-12-23(13-7-18)37-27(33)19-4-10-22(11-5-19)29(34)35/h2-13,20H,14-16H2,1H3/t20-/m1/s1. The van der Waals surface area contributed by atoms with Gasteiger partial charge in [0, 0.05) is 36.3 Å². The number of anilines is 1. The van der Waals surface area contributed by atoms with E-state index in [9.17, 15) is 29.3 Å². The van der Waals surface area contributed by atoms with Crippen LogP contribution in [0, 0.1) is 23.0 Å². The molecule has 10 heteroatoms. The molecule has 1 aliphatic rings. The number of ether oxygens (including phenoxy) is 2. The molecule has 0 saturated carbocycles. The van der Waals surface area contributed by atoms with Gasteiger partial charge in [-0.15, -0.1) is 0 Å². The van der Waals surface area contributed by atoms with Crippen LogP contribution in [-0.2, 0) is 14.3 Å². The molecule has 1 amide bonds. The fourth-order valence-corrected chi connectivity index (χ4v) is 3.77. The summed E-state index contributed by atoms with van der Waals surface area (Å²) < 4.78 is 10.4. The number of hydrogen-bond donors (Lipinski definition) is 0. The molecule has 0 spiro atoms. The largest absolute Gasteiger partial charge is 0.457 e. The maximum absolute atomic E-state index is 12.5. The SMILES string of the molecule is Cc1ccc(N2C[C@H](C(=O)OCC(=O)c3ccc(OC(=O)c4ccc([N+](=O)[O-])cc4)cc3)CC2=O)cc1. The molecule has 0 aromatic heterocycles. The molecule has 3 aromatic rings. The number of non-ortho nitro benzene ring substituents is 1. The van der Waals surface area contributed by atoms with E-state index in [0.29, 0.717) is 5.69 Å². The Labute approximate surface area is 211 Å². The number of carbonyl (C=O) groups excluding carboxylic acids is 4. The van der Waals surface area contributed by atoms with Gasteiger partial charge in [-0.25, -0.2) is 4.79 Å². The number of nitro benzene ring substituents is 1. The van der Waals surface area contributed by atoms with Gasteiger partial charge in [-0.3, -0.25) is 24.5 Å². The zero-order chi connectivity index (χ0) is 26.5. The molecule has 188 valence electrons. The summed E-state index contributed by atoms with van der Waals surface area (Å²) in [6.45, 7) is 1.63. The van der Waals surface area contributed by atoms with E-state index >= 15 is 0 Å². The third-order valence-electron chi connectivity index (χ3n) is 5.85. The lowest BCUT2D eigenvalue weighted by Crippen LogP contribution is -2.27. The highest BCUT2D eigenvalue weighted by Gasteiger charge is 2.36. The minimum absolute atomic E-state index is 0.00965.